The van der Waals surface area contributed by atoms with Crippen molar-refractivity contribution in [1.29, 1.82) is 0 Å². The van der Waals surface area contributed by atoms with Gasteiger partial charge < -0.3 is 0 Å². The zero-order chi connectivity index (χ0) is 6.78. The average molecular weight is 135 g/mol. The van der Waals surface area contributed by atoms with Crippen LogP contribution >= 0.6 is 0 Å². The normalized spacial score (nSPS) is 14.1. The van der Waals surface area contributed by atoms with E-state index in [-0.39, 0.29) is 4.91 Å². The van der Waals surface area contributed by atoms with Crippen molar-refractivity contribution in [2.75, 3.05) is 0 Å². The van der Waals surface area contributed by atoms with E-state index in [9.17, 15) is 8.42 Å². The molecule has 0 aromatic carbocycles. The summed E-state index contributed by atoms with van der Waals surface area (Å²) in [5, 5.41) is 0. The molecule has 8 heavy (non-hydrogen) atoms. The summed E-state index contributed by atoms with van der Waals surface area (Å²) in [4.78, 5) is -0.266. The van der Waals surface area contributed by atoms with Crippen LogP contribution in [0, 0.1) is 6.92 Å². The third-order valence-corrected chi connectivity index (χ3v) is 1.55. The molecule has 0 spiro atoms. The molecule has 0 atom stereocenters. The molecule has 0 aromatic heterocycles. The Balaban J connectivity index is 4.55. The zero-order valence-electron chi connectivity index (χ0n) is 4.46. The van der Waals surface area contributed by atoms with Crippen LogP contribution in [0.1, 0.15) is 6.92 Å². The van der Waals surface area contributed by atoms with E-state index in [0.717, 1.165) is 0 Å². The van der Waals surface area contributed by atoms with Crippen LogP contribution in [-0.2, 0) is 10.1 Å². The maximum atomic E-state index is 9.99. The summed E-state index contributed by atoms with van der Waals surface area (Å²) in [5.74, 6) is 0. The van der Waals surface area contributed by atoms with Crippen molar-refractivity contribution in [3.8, 4) is 0 Å². The van der Waals surface area contributed by atoms with E-state index in [4.69, 9.17) is 4.55 Å². The third kappa shape index (κ3) is 2.09. The summed E-state index contributed by atoms with van der Waals surface area (Å²) in [6.45, 7) is 4.53. The largest absolute Gasteiger partial charge is 0.290 e. The van der Waals surface area contributed by atoms with Gasteiger partial charge in [0.15, 0.2) is 0 Å². The van der Waals surface area contributed by atoms with Crippen LogP contribution in [0.3, 0.4) is 0 Å². The molecular weight excluding hydrogens is 128 g/mol. The molecule has 0 aliphatic rings. The molecule has 0 aromatic rings. The van der Waals surface area contributed by atoms with Gasteiger partial charge in [0.05, 0.1) is 4.91 Å². The first-order valence-corrected chi connectivity index (χ1v) is 3.38. The zero-order valence-corrected chi connectivity index (χ0v) is 5.27. The number of hydrogen-bond acceptors (Lipinski definition) is 2. The van der Waals surface area contributed by atoms with Crippen molar-refractivity contribution >= 4 is 10.1 Å². The SMILES string of the molecule is [CH2]C(=CC)S(=O)(=O)O. The standard InChI is InChI=1S/C4H7O3S/c1-3-4(2)8(5,6)7/h3H,2H2,1H3,(H,5,6,7). The van der Waals surface area contributed by atoms with Gasteiger partial charge in [0.25, 0.3) is 10.1 Å². The van der Waals surface area contributed by atoms with Crippen LogP contribution in [0.2, 0.25) is 0 Å². The summed E-state index contributed by atoms with van der Waals surface area (Å²) in [6.07, 6.45) is 1.22. The molecule has 0 saturated heterocycles. The van der Waals surface area contributed by atoms with Crippen molar-refractivity contribution in [3.05, 3.63) is 17.9 Å². The molecule has 3 nitrogen and oxygen atoms in total. The lowest BCUT2D eigenvalue weighted by Gasteiger charge is -1.89. The highest BCUT2D eigenvalue weighted by Gasteiger charge is 2.03. The Morgan fingerprint density at radius 2 is 2.12 bits per heavy atom. The maximum absolute atomic E-state index is 9.99. The molecule has 0 unspecified atom stereocenters. The van der Waals surface area contributed by atoms with Crippen molar-refractivity contribution < 1.29 is 13.0 Å². The molecule has 0 fully saturated rings. The van der Waals surface area contributed by atoms with Gasteiger partial charge in [-0.1, -0.05) is 6.08 Å². The van der Waals surface area contributed by atoms with Gasteiger partial charge in [-0.2, -0.15) is 8.42 Å². The van der Waals surface area contributed by atoms with Crippen molar-refractivity contribution in [1.82, 2.24) is 0 Å². The smallest absolute Gasteiger partial charge is 0.282 e. The van der Waals surface area contributed by atoms with Crippen LogP contribution in [-0.4, -0.2) is 13.0 Å². The van der Waals surface area contributed by atoms with Gasteiger partial charge in [0.1, 0.15) is 0 Å². The highest BCUT2D eigenvalue weighted by Crippen LogP contribution is 1.98. The van der Waals surface area contributed by atoms with E-state index < -0.39 is 10.1 Å². The second kappa shape index (κ2) is 2.28. The molecule has 0 amide bonds. The first-order chi connectivity index (χ1) is 3.48. The number of allylic oxidation sites excluding steroid dienone is 2. The Kier molecular flexibility index (Phi) is 2.18. The first-order valence-electron chi connectivity index (χ1n) is 1.94. The summed E-state index contributed by atoms with van der Waals surface area (Å²) in [5.41, 5.74) is 0. The summed E-state index contributed by atoms with van der Waals surface area (Å²) in [7, 11) is -4.00. The second-order valence-corrected chi connectivity index (χ2v) is 2.70. The Morgan fingerprint density at radius 3 is 2.12 bits per heavy atom. The lowest BCUT2D eigenvalue weighted by molar-refractivity contribution is 0.492. The lowest BCUT2D eigenvalue weighted by atomic mass is 10.6. The predicted octanol–water partition coefficient (Wildman–Crippen LogP) is 0.612. The van der Waals surface area contributed by atoms with Crippen LogP contribution in [0.5, 0.6) is 0 Å². The molecule has 1 N–H and O–H groups in total. The van der Waals surface area contributed by atoms with Crippen LogP contribution in [0.4, 0.5) is 0 Å². The molecule has 0 aliphatic heterocycles. The van der Waals surface area contributed by atoms with Gasteiger partial charge in [-0.25, -0.2) is 0 Å². The minimum absolute atomic E-state index is 0.266. The molecule has 1 radical (unpaired) electrons. The molecule has 0 rings (SSSR count). The summed E-state index contributed by atoms with van der Waals surface area (Å²) >= 11 is 0. The van der Waals surface area contributed by atoms with Gasteiger partial charge in [0, 0.05) is 0 Å². The van der Waals surface area contributed by atoms with E-state index in [1.807, 2.05) is 0 Å². The fourth-order valence-electron chi connectivity index (χ4n) is 0.149. The molecule has 0 heterocycles. The molecule has 4 heteroatoms. The monoisotopic (exact) mass is 135 g/mol. The Labute approximate surface area is 48.8 Å². The number of rotatable bonds is 1. The summed E-state index contributed by atoms with van der Waals surface area (Å²) in [6, 6.07) is 0. The van der Waals surface area contributed by atoms with E-state index in [0.29, 0.717) is 0 Å². The van der Waals surface area contributed by atoms with Crippen molar-refractivity contribution in [3.63, 3.8) is 0 Å². The molecule has 0 aliphatic carbocycles. The highest BCUT2D eigenvalue weighted by atomic mass is 32.2. The van der Waals surface area contributed by atoms with Crippen molar-refractivity contribution in [2.24, 2.45) is 0 Å². The van der Waals surface area contributed by atoms with E-state index in [1.54, 1.807) is 0 Å². The average Bonchev–Trinajstić information content (AvgIpc) is 1.62. The second-order valence-electron chi connectivity index (χ2n) is 1.23. The molecule has 0 bridgehead atoms. The third-order valence-electron chi connectivity index (χ3n) is 0.653. The Bertz CT molecular complexity index is 187. The van der Waals surface area contributed by atoms with E-state index in [2.05, 4.69) is 6.92 Å². The fraction of sp³-hybridized carbons (Fsp3) is 0.250. The van der Waals surface area contributed by atoms with Gasteiger partial charge >= 0.3 is 0 Å². The van der Waals surface area contributed by atoms with Crippen LogP contribution < -0.4 is 0 Å². The van der Waals surface area contributed by atoms with Gasteiger partial charge in [-0.05, 0) is 13.8 Å². The topological polar surface area (TPSA) is 54.4 Å². The minimum atomic E-state index is -4.00. The molecule has 0 saturated carbocycles. The van der Waals surface area contributed by atoms with Crippen LogP contribution in [0.25, 0.3) is 0 Å². The van der Waals surface area contributed by atoms with E-state index in [1.165, 1.54) is 13.0 Å². The Morgan fingerprint density at radius 1 is 1.75 bits per heavy atom. The Hall–Kier alpha value is -0.350. The van der Waals surface area contributed by atoms with Gasteiger partial charge in [-0.3, -0.25) is 4.55 Å². The number of hydrogen-bond donors (Lipinski definition) is 1. The van der Waals surface area contributed by atoms with Gasteiger partial charge in [-0.15, -0.1) is 0 Å². The minimum Gasteiger partial charge on any atom is -0.282 e. The highest BCUT2D eigenvalue weighted by molar-refractivity contribution is 7.89. The predicted molar refractivity (Wildman–Crippen MR) is 30.7 cm³/mol. The summed E-state index contributed by atoms with van der Waals surface area (Å²) < 4.78 is 28.1. The van der Waals surface area contributed by atoms with Gasteiger partial charge in [0.2, 0.25) is 0 Å². The molecular formula is C4H7O3S. The fourth-order valence-corrected chi connectivity index (χ4v) is 0.447. The first kappa shape index (κ1) is 7.65. The quantitative estimate of drug-likeness (QED) is 0.536. The van der Waals surface area contributed by atoms with Crippen LogP contribution in [0.15, 0.2) is 11.0 Å². The van der Waals surface area contributed by atoms with E-state index >= 15 is 0 Å². The maximum Gasteiger partial charge on any atom is 0.290 e. The molecule has 47 valence electrons. The lowest BCUT2D eigenvalue weighted by Crippen LogP contribution is -1.96. The van der Waals surface area contributed by atoms with Crippen molar-refractivity contribution in [2.45, 2.75) is 6.92 Å².